The van der Waals surface area contributed by atoms with Gasteiger partial charge in [0.2, 0.25) is 5.91 Å². The molecule has 0 aromatic heterocycles. The third kappa shape index (κ3) is 6.31. The maximum absolute atomic E-state index is 12.9. The van der Waals surface area contributed by atoms with Gasteiger partial charge in [0.1, 0.15) is 0 Å². The number of hydrogen-bond acceptors (Lipinski definition) is 5. The molecule has 8 heteroatoms. The highest BCUT2D eigenvalue weighted by Crippen LogP contribution is 2.19. The number of benzene rings is 1. The highest BCUT2D eigenvalue weighted by atomic mass is 32.2. The lowest BCUT2D eigenvalue weighted by Gasteiger charge is -2.31. The van der Waals surface area contributed by atoms with E-state index in [1.165, 1.54) is 0 Å². The lowest BCUT2D eigenvalue weighted by Crippen LogP contribution is -2.47. The van der Waals surface area contributed by atoms with Crippen molar-refractivity contribution in [2.75, 3.05) is 38.7 Å². The van der Waals surface area contributed by atoms with Crippen LogP contribution in [0.3, 0.4) is 0 Å². The highest BCUT2D eigenvalue weighted by Gasteiger charge is 2.34. The summed E-state index contributed by atoms with van der Waals surface area (Å²) < 4.78 is 23.7. The van der Waals surface area contributed by atoms with Gasteiger partial charge in [-0.05, 0) is 37.1 Å². The minimum atomic E-state index is -3.04. The SMILES string of the molecule is CNC(=O)c1ccc(CN(C)CC(=O)N(CC(C)C)[C@H]2CCS(=O)(=O)C2)cc1. The van der Waals surface area contributed by atoms with Crippen LogP contribution in [0.15, 0.2) is 24.3 Å². The molecular formula is C20H31N3O4S. The van der Waals surface area contributed by atoms with Crippen molar-refractivity contribution in [2.24, 2.45) is 5.92 Å². The van der Waals surface area contributed by atoms with E-state index in [9.17, 15) is 18.0 Å². The van der Waals surface area contributed by atoms with E-state index >= 15 is 0 Å². The molecular weight excluding hydrogens is 378 g/mol. The Kier molecular flexibility index (Phi) is 7.60. The summed E-state index contributed by atoms with van der Waals surface area (Å²) in [6, 6.07) is 7.05. The maximum Gasteiger partial charge on any atom is 0.251 e. The second-order valence-corrected chi connectivity index (χ2v) is 10.2. The van der Waals surface area contributed by atoms with Gasteiger partial charge < -0.3 is 10.2 Å². The molecule has 1 N–H and O–H groups in total. The number of nitrogens with one attached hydrogen (secondary N) is 1. The Bertz CT molecular complexity index is 790. The van der Waals surface area contributed by atoms with Gasteiger partial charge in [-0.2, -0.15) is 0 Å². The zero-order chi connectivity index (χ0) is 20.9. The van der Waals surface area contributed by atoms with Crippen molar-refractivity contribution >= 4 is 21.7 Å². The second-order valence-electron chi connectivity index (χ2n) is 7.95. The van der Waals surface area contributed by atoms with Crippen molar-refractivity contribution in [3.63, 3.8) is 0 Å². The Balaban J connectivity index is 1.99. The van der Waals surface area contributed by atoms with Crippen LogP contribution >= 0.6 is 0 Å². The van der Waals surface area contributed by atoms with Crippen LogP contribution in [0.25, 0.3) is 0 Å². The van der Waals surface area contributed by atoms with Crippen molar-refractivity contribution in [2.45, 2.75) is 32.9 Å². The van der Waals surface area contributed by atoms with Crippen LogP contribution in [0.2, 0.25) is 0 Å². The lowest BCUT2D eigenvalue weighted by atomic mass is 10.1. The zero-order valence-corrected chi connectivity index (χ0v) is 18.0. The minimum absolute atomic E-state index is 0.0414. The number of likely N-dealkylation sites (N-methyl/N-ethyl adjacent to an activating group) is 1. The molecule has 2 amide bonds. The predicted molar refractivity (Wildman–Crippen MR) is 110 cm³/mol. The van der Waals surface area contributed by atoms with Gasteiger partial charge in [0.15, 0.2) is 9.84 Å². The summed E-state index contributed by atoms with van der Waals surface area (Å²) in [5.74, 6) is 0.324. The summed E-state index contributed by atoms with van der Waals surface area (Å²) in [5, 5.41) is 2.59. The Morgan fingerprint density at radius 3 is 2.36 bits per heavy atom. The maximum atomic E-state index is 12.9. The largest absolute Gasteiger partial charge is 0.355 e. The van der Waals surface area contributed by atoms with Crippen LogP contribution < -0.4 is 5.32 Å². The Hall–Kier alpha value is -1.93. The first-order valence-corrected chi connectivity index (χ1v) is 11.4. The number of rotatable bonds is 8. The van der Waals surface area contributed by atoms with Gasteiger partial charge in [-0.25, -0.2) is 8.42 Å². The summed E-state index contributed by atoms with van der Waals surface area (Å²) >= 11 is 0. The van der Waals surface area contributed by atoms with Crippen LogP contribution in [0.4, 0.5) is 0 Å². The van der Waals surface area contributed by atoms with Crippen LogP contribution in [0, 0.1) is 5.92 Å². The molecule has 1 saturated heterocycles. The predicted octanol–water partition coefficient (Wildman–Crippen LogP) is 1.15. The number of nitrogens with zero attached hydrogens (tertiary/aromatic N) is 2. The summed E-state index contributed by atoms with van der Waals surface area (Å²) in [7, 11) is 0.416. The number of hydrogen-bond donors (Lipinski definition) is 1. The normalized spacial score (nSPS) is 18.4. The van der Waals surface area contributed by atoms with E-state index in [0.717, 1.165) is 5.56 Å². The molecule has 28 heavy (non-hydrogen) atoms. The number of carbonyl (C=O) groups excluding carboxylic acids is 2. The summed E-state index contributed by atoms with van der Waals surface area (Å²) in [6.07, 6.45) is 0.519. The van der Waals surface area contributed by atoms with Crippen molar-refractivity contribution in [1.82, 2.24) is 15.1 Å². The molecule has 1 atom stereocenters. The van der Waals surface area contributed by atoms with E-state index in [1.54, 1.807) is 24.1 Å². The average molecular weight is 410 g/mol. The lowest BCUT2D eigenvalue weighted by molar-refractivity contribution is -0.134. The Labute approximate surface area is 168 Å². The molecule has 0 radical (unpaired) electrons. The van der Waals surface area contributed by atoms with Gasteiger partial charge in [-0.1, -0.05) is 26.0 Å². The van der Waals surface area contributed by atoms with Crippen molar-refractivity contribution in [3.8, 4) is 0 Å². The van der Waals surface area contributed by atoms with E-state index in [-0.39, 0.29) is 41.8 Å². The first-order valence-electron chi connectivity index (χ1n) is 9.60. The molecule has 0 spiro atoms. The fraction of sp³-hybridized carbons (Fsp3) is 0.600. The van der Waals surface area contributed by atoms with E-state index < -0.39 is 9.84 Å². The van der Waals surface area contributed by atoms with E-state index in [1.807, 2.05) is 37.9 Å². The molecule has 1 fully saturated rings. The van der Waals surface area contributed by atoms with Gasteiger partial charge in [0.05, 0.1) is 18.1 Å². The monoisotopic (exact) mass is 409 g/mol. The average Bonchev–Trinajstić information content (AvgIpc) is 2.98. The molecule has 0 saturated carbocycles. The molecule has 2 rings (SSSR count). The van der Waals surface area contributed by atoms with Gasteiger partial charge in [0, 0.05) is 31.7 Å². The van der Waals surface area contributed by atoms with Gasteiger partial charge in [-0.3, -0.25) is 14.5 Å². The molecule has 0 bridgehead atoms. The van der Waals surface area contributed by atoms with E-state index in [2.05, 4.69) is 5.32 Å². The van der Waals surface area contributed by atoms with Gasteiger partial charge in [0.25, 0.3) is 5.91 Å². The van der Waals surface area contributed by atoms with Gasteiger partial charge >= 0.3 is 0 Å². The Morgan fingerprint density at radius 1 is 1.21 bits per heavy atom. The fourth-order valence-corrected chi connectivity index (χ4v) is 5.19. The first kappa shape index (κ1) is 22.4. The van der Waals surface area contributed by atoms with Crippen molar-refractivity contribution in [3.05, 3.63) is 35.4 Å². The highest BCUT2D eigenvalue weighted by molar-refractivity contribution is 7.91. The molecule has 7 nitrogen and oxygen atoms in total. The summed E-state index contributed by atoms with van der Waals surface area (Å²) in [5.41, 5.74) is 1.59. The van der Waals surface area contributed by atoms with Crippen LogP contribution in [0.5, 0.6) is 0 Å². The third-order valence-corrected chi connectivity index (χ3v) is 6.58. The summed E-state index contributed by atoms with van der Waals surface area (Å²) in [4.78, 5) is 28.2. The van der Waals surface area contributed by atoms with Gasteiger partial charge in [-0.15, -0.1) is 0 Å². The fourth-order valence-electron chi connectivity index (χ4n) is 3.46. The van der Waals surface area contributed by atoms with E-state index in [4.69, 9.17) is 0 Å². The van der Waals surface area contributed by atoms with Crippen LogP contribution in [0.1, 0.15) is 36.2 Å². The van der Waals surface area contributed by atoms with Crippen molar-refractivity contribution in [1.29, 1.82) is 0 Å². The quantitative estimate of drug-likeness (QED) is 0.696. The zero-order valence-electron chi connectivity index (χ0n) is 17.1. The second kappa shape index (κ2) is 9.52. The van der Waals surface area contributed by atoms with Crippen molar-refractivity contribution < 1.29 is 18.0 Å². The molecule has 0 aliphatic carbocycles. The molecule has 0 unspecified atom stereocenters. The first-order chi connectivity index (χ1) is 13.1. The topological polar surface area (TPSA) is 86.8 Å². The molecule has 156 valence electrons. The van der Waals surface area contributed by atoms with Crippen LogP contribution in [-0.2, 0) is 21.2 Å². The molecule has 1 aromatic rings. The molecule has 1 aliphatic rings. The molecule has 1 heterocycles. The standard InChI is InChI=1S/C20H31N3O4S/c1-15(2)11-23(18-9-10-28(26,27)14-18)19(24)13-22(4)12-16-5-7-17(8-6-16)20(25)21-3/h5-8,15,18H,9-14H2,1-4H3,(H,21,25)/t18-/m0/s1. The number of sulfone groups is 1. The smallest absolute Gasteiger partial charge is 0.251 e. The number of carbonyl (C=O) groups is 2. The summed E-state index contributed by atoms with van der Waals surface area (Å²) in [6.45, 7) is 5.41. The number of amides is 2. The molecule has 1 aromatic carbocycles. The molecule has 1 aliphatic heterocycles. The third-order valence-electron chi connectivity index (χ3n) is 4.83. The minimum Gasteiger partial charge on any atom is -0.355 e. The Morgan fingerprint density at radius 2 is 1.86 bits per heavy atom. The van der Waals surface area contributed by atoms with E-state index in [0.29, 0.717) is 25.1 Å². The van der Waals surface area contributed by atoms with Crippen LogP contribution in [-0.4, -0.2) is 74.8 Å².